The Morgan fingerprint density at radius 3 is 1.74 bits per heavy atom. The van der Waals surface area contributed by atoms with E-state index < -0.39 is 15.8 Å². The minimum absolute atomic E-state index is 0.00315. The highest BCUT2D eigenvalue weighted by atomic mass is 31.1. The van der Waals surface area contributed by atoms with E-state index >= 15 is 0 Å². The normalized spacial score (nSPS) is 17.3. The third kappa shape index (κ3) is 5.73. The number of fused-ring (bicyclic) bond motifs is 1. The Kier molecular flexibility index (Phi) is 8.93. The Hall–Kier alpha value is -4.36. The van der Waals surface area contributed by atoms with Crippen molar-refractivity contribution in [1.82, 2.24) is 0 Å². The van der Waals surface area contributed by atoms with Gasteiger partial charge in [0.1, 0.15) is 0 Å². The number of phenolic OH excluding ortho intramolecular Hbond substituents is 1. The molecule has 2 aliphatic rings. The molecule has 1 heterocycles. The fourth-order valence-corrected chi connectivity index (χ4v) is 12.0. The van der Waals surface area contributed by atoms with Crippen molar-refractivity contribution in [2.75, 3.05) is 13.4 Å². The van der Waals surface area contributed by atoms with E-state index in [0.29, 0.717) is 12.4 Å². The van der Waals surface area contributed by atoms with Crippen molar-refractivity contribution in [2.24, 2.45) is 5.92 Å². The SMILES string of the molecule is CCOc1c(O)ccc(P(c2ccccc2)c2ccccc2)c1C1=C2OCOC2=C[C@@H](C)[C@@H]1P(c1ccccc1)c1ccccc1. The van der Waals surface area contributed by atoms with Crippen LogP contribution in [0.25, 0.3) is 5.57 Å². The molecule has 0 spiro atoms. The summed E-state index contributed by atoms with van der Waals surface area (Å²) in [4.78, 5) is 0. The van der Waals surface area contributed by atoms with Crippen LogP contribution in [0, 0.1) is 5.92 Å². The van der Waals surface area contributed by atoms with Crippen LogP contribution in [0.4, 0.5) is 0 Å². The molecule has 1 N–H and O–H groups in total. The second-order valence-electron chi connectivity index (χ2n) is 11.3. The summed E-state index contributed by atoms with van der Waals surface area (Å²) in [6, 6.07) is 46.8. The van der Waals surface area contributed by atoms with E-state index in [1.54, 1.807) is 6.07 Å². The van der Waals surface area contributed by atoms with Gasteiger partial charge in [-0.2, -0.15) is 0 Å². The van der Waals surface area contributed by atoms with E-state index in [9.17, 15) is 5.11 Å². The number of hydrogen-bond acceptors (Lipinski definition) is 4. The van der Waals surface area contributed by atoms with Crippen molar-refractivity contribution in [3.8, 4) is 11.5 Å². The monoisotopic (exact) mass is 642 g/mol. The number of hydrogen-bond donors (Lipinski definition) is 1. The zero-order valence-electron chi connectivity index (χ0n) is 25.9. The van der Waals surface area contributed by atoms with E-state index in [0.717, 1.165) is 28.0 Å². The van der Waals surface area contributed by atoms with Gasteiger partial charge < -0.3 is 19.3 Å². The Morgan fingerprint density at radius 2 is 1.22 bits per heavy atom. The first-order valence-corrected chi connectivity index (χ1v) is 18.4. The Balaban J connectivity index is 1.56. The van der Waals surface area contributed by atoms with Crippen molar-refractivity contribution in [3.05, 3.63) is 157 Å². The first-order chi connectivity index (χ1) is 22.7. The lowest BCUT2D eigenvalue weighted by atomic mass is 9.87. The standard InChI is InChI=1S/C40H36O4P2/c1-3-42-38-33(41)24-25-35(45(29-16-8-4-9-17-29)30-18-10-5-11-19-30)36(38)37-39-34(43-27-44-39)26-28(2)40(37)46(31-20-12-6-13-21-31)32-22-14-7-15-23-32/h4-26,28,40-41H,3,27H2,1-2H3/t28-,40+/m1/s1. The molecular weight excluding hydrogens is 606 g/mol. The highest BCUT2D eigenvalue weighted by molar-refractivity contribution is 7.80. The van der Waals surface area contributed by atoms with Crippen LogP contribution in [0.2, 0.25) is 0 Å². The van der Waals surface area contributed by atoms with Gasteiger partial charge in [-0.05, 0) is 73.4 Å². The van der Waals surface area contributed by atoms with Gasteiger partial charge in [0.25, 0.3) is 0 Å². The average molecular weight is 643 g/mol. The molecule has 0 aromatic heterocycles. The molecule has 1 saturated heterocycles. The number of aromatic hydroxyl groups is 1. The molecule has 0 radical (unpaired) electrons. The van der Waals surface area contributed by atoms with E-state index in [1.165, 1.54) is 21.2 Å². The van der Waals surface area contributed by atoms with Crippen molar-refractivity contribution < 1.29 is 19.3 Å². The highest BCUT2D eigenvalue weighted by Gasteiger charge is 2.43. The smallest absolute Gasteiger partial charge is 0.231 e. The van der Waals surface area contributed by atoms with Gasteiger partial charge in [-0.3, -0.25) is 0 Å². The number of allylic oxidation sites excluding steroid dienone is 2. The Bertz CT molecular complexity index is 1780. The number of benzene rings is 5. The fraction of sp³-hybridized carbons (Fsp3) is 0.150. The molecular formula is C40H36O4P2. The van der Waals surface area contributed by atoms with Gasteiger partial charge in [-0.1, -0.05) is 128 Å². The average Bonchev–Trinajstić information content (AvgIpc) is 3.57. The summed E-state index contributed by atoms with van der Waals surface area (Å²) in [6.45, 7) is 4.81. The van der Waals surface area contributed by atoms with E-state index in [2.05, 4.69) is 140 Å². The number of ether oxygens (including phenoxy) is 3. The summed E-state index contributed by atoms with van der Waals surface area (Å²) in [5.74, 6) is 2.22. The van der Waals surface area contributed by atoms with Gasteiger partial charge in [0.05, 0.1) is 6.61 Å². The lowest BCUT2D eigenvalue weighted by molar-refractivity contribution is 0.0980. The van der Waals surface area contributed by atoms with Crippen molar-refractivity contribution in [2.45, 2.75) is 19.5 Å². The third-order valence-electron chi connectivity index (χ3n) is 8.38. The summed E-state index contributed by atoms with van der Waals surface area (Å²) in [6.07, 6.45) is 2.22. The molecule has 5 aromatic carbocycles. The van der Waals surface area contributed by atoms with Crippen molar-refractivity contribution in [3.63, 3.8) is 0 Å². The first-order valence-electron chi connectivity index (χ1n) is 15.7. The van der Waals surface area contributed by atoms with Gasteiger partial charge >= 0.3 is 0 Å². The molecule has 230 valence electrons. The molecule has 0 amide bonds. The van der Waals surface area contributed by atoms with E-state index in [1.807, 2.05) is 6.92 Å². The second kappa shape index (κ2) is 13.6. The maximum Gasteiger partial charge on any atom is 0.231 e. The molecule has 0 saturated carbocycles. The lowest BCUT2D eigenvalue weighted by Crippen LogP contribution is -2.33. The predicted molar refractivity (Wildman–Crippen MR) is 192 cm³/mol. The topological polar surface area (TPSA) is 47.9 Å². The molecule has 6 heteroatoms. The summed E-state index contributed by atoms with van der Waals surface area (Å²) in [7, 11) is -1.98. The van der Waals surface area contributed by atoms with Crippen LogP contribution >= 0.6 is 15.8 Å². The summed E-state index contributed by atoms with van der Waals surface area (Å²) < 4.78 is 18.9. The quantitative estimate of drug-likeness (QED) is 0.172. The summed E-state index contributed by atoms with van der Waals surface area (Å²) in [5.41, 5.74) is 1.95. The Morgan fingerprint density at radius 1 is 0.696 bits per heavy atom. The van der Waals surface area contributed by atoms with Crippen molar-refractivity contribution in [1.29, 1.82) is 0 Å². The molecule has 1 aliphatic carbocycles. The van der Waals surface area contributed by atoms with Crippen LogP contribution < -0.4 is 31.3 Å². The van der Waals surface area contributed by atoms with Crippen molar-refractivity contribution >= 4 is 47.9 Å². The minimum atomic E-state index is -1.04. The van der Waals surface area contributed by atoms with Gasteiger partial charge in [-0.25, -0.2) is 0 Å². The molecule has 7 rings (SSSR count). The first kappa shape index (κ1) is 30.3. The van der Waals surface area contributed by atoms with Crippen LogP contribution in [0.15, 0.2) is 151 Å². The van der Waals surface area contributed by atoms with Gasteiger partial charge in [0.2, 0.25) is 6.79 Å². The maximum absolute atomic E-state index is 11.5. The van der Waals surface area contributed by atoms with Crippen LogP contribution in [0.1, 0.15) is 19.4 Å². The highest BCUT2D eigenvalue weighted by Crippen LogP contribution is 2.57. The largest absolute Gasteiger partial charge is 0.504 e. The van der Waals surface area contributed by atoms with E-state index in [-0.39, 0.29) is 24.1 Å². The molecule has 0 bridgehead atoms. The van der Waals surface area contributed by atoms with Crippen LogP contribution in [-0.4, -0.2) is 24.2 Å². The number of rotatable bonds is 9. The lowest BCUT2D eigenvalue weighted by Gasteiger charge is -2.38. The maximum atomic E-state index is 11.5. The summed E-state index contributed by atoms with van der Waals surface area (Å²) in [5, 5.41) is 17.7. The molecule has 0 unspecified atom stereocenters. The Labute approximate surface area is 273 Å². The van der Waals surface area contributed by atoms with Crippen LogP contribution in [0.3, 0.4) is 0 Å². The van der Waals surface area contributed by atoms with Gasteiger partial charge in [0.15, 0.2) is 23.0 Å². The van der Waals surface area contributed by atoms with Crippen LogP contribution in [0.5, 0.6) is 11.5 Å². The van der Waals surface area contributed by atoms with Gasteiger partial charge in [0, 0.05) is 16.8 Å². The molecule has 5 aromatic rings. The molecule has 1 aliphatic heterocycles. The third-order valence-corrected chi connectivity index (χ3v) is 13.9. The molecule has 46 heavy (non-hydrogen) atoms. The molecule has 4 nitrogen and oxygen atoms in total. The minimum Gasteiger partial charge on any atom is -0.504 e. The molecule has 2 atom stereocenters. The summed E-state index contributed by atoms with van der Waals surface area (Å²) >= 11 is 0. The van der Waals surface area contributed by atoms with E-state index in [4.69, 9.17) is 14.2 Å². The van der Waals surface area contributed by atoms with Crippen LogP contribution in [-0.2, 0) is 9.47 Å². The number of phenols is 1. The zero-order valence-corrected chi connectivity index (χ0v) is 27.7. The predicted octanol–water partition coefficient (Wildman–Crippen LogP) is 7.30. The zero-order chi connectivity index (χ0) is 31.5. The fourth-order valence-electron chi connectivity index (χ4n) is 6.50. The van der Waals surface area contributed by atoms with Gasteiger partial charge in [-0.15, -0.1) is 0 Å². The molecule has 1 fully saturated rings. The second-order valence-corrected chi connectivity index (χ2v) is 15.8.